The molecule has 2 heterocycles. The lowest BCUT2D eigenvalue weighted by Crippen LogP contribution is -2.50. The number of thiophene rings is 1. The molecule has 0 unspecified atom stereocenters. The van der Waals surface area contributed by atoms with Gasteiger partial charge >= 0.3 is 0 Å². The van der Waals surface area contributed by atoms with Crippen LogP contribution in [0.5, 0.6) is 0 Å². The number of nitrogens with one attached hydrogen (secondary N) is 1. The number of aryl methyl sites for hydroxylation is 1. The fourth-order valence-corrected chi connectivity index (χ4v) is 6.63. The molecule has 1 N–H and O–H groups in total. The molecule has 1 aliphatic heterocycles. The average Bonchev–Trinajstić information content (AvgIpc) is 3.34. The van der Waals surface area contributed by atoms with Gasteiger partial charge in [-0.15, -0.1) is 11.3 Å². The molecule has 1 saturated heterocycles. The van der Waals surface area contributed by atoms with Gasteiger partial charge in [-0.3, -0.25) is 9.69 Å². The molecule has 1 aliphatic carbocycles. The highest BCUT2D eigenvalue weighted by atomic mass is 32.1. The van der Waals surface area contributed by atoms with E-state index in [2.05, 4.69) is 65.0 Å². The molecule has 4 nitrogen and oxygen atoms in total. The van der Waals surface area contributed by atoms with Crippen molar-refractivity contribution in [2.75, 3.05) is 13.1 Å². The summed E-state index contributed by atoms with van der Waals surface area (Å²) >= 11 is 1.86. The monoisotopic (exact) mass is 460 g/mol. The summed E-state index contributed by atoms with van der Waals surface area (Å²) in [6.45, 7) is 7.44. The van der Waals surface area contributed by atoms with E-state index in [9.17, 15) is 4.79 Å². The highest BCUT2D eigenvalue weighted by Crippen LogP contribution is 2.52. The van der Waals surface area contributed by atoms with Crippen LogP contribution >= 0.6 is 11.3 Å². The molecule has 1 amide bonds. The van der Waals surface area contributed by atoms with Crippen LogP contribution in [0.15, 0.2) is 66.0 Å². The molecular weight excluding hydrogens is 428 g/mol. The van der Waals surface area contributed by atoms with E-state index >= 15 is 0 Å². The van der Waals surface area contributed by atoms with Crippen LogP contribution in [0.3, 0.4) is 0 Å². The number of nitrogens with zero attached hydrogens (tertiary/aromatic N) is 1. The maximum Gasteiger partial charge on any atom is 0.217 e. The Morgan fingerprint density at radius 2 is 1.82 bits per heavy atom. The molecule has 2 atom stereocenters. The predicted molar refractivity (Wildman–Crippen MR) is 133 cm³/mol. The summed E-state index contributed by atoms with van der Waals surface area (Å²) in [5.74, 6) is -0.00855. The summed E-state index contributed by atoms with van der Waals surface area (Å²) in [6, 6.07) is 21.1. The Labute approximate surface area is 200 Å². The van der Waals surface area contributed by atoms with E-state index in [1.807, 2.05) is 29.5 Å². The maximum absolute atomic E-state index is 12.2. The molecule has 33 heavy (non-hydrogen) atoms. The Bertz CT molecular complexity index is 1100. The number of hydrogen-bond acceptors (Lipinski definition) is 4. The molecule has 5 rings (SSSR count). The number of piperidine rings is 1. The Balaban J connectivity index is 1.42. The number of carbonyl (C=O) groups excluding carboxylic acids is 1. The van der Waals surface area contributed by atoms with Crippen molar-refractivity contribution >= 4 is 17.2 Å². The Morgan fingerprint density at radius 3 is 2.52 bits per heavy atom. The van der Waals surface area contributed by atoms with E-state index in [4.69, 9.17) is 4.74 Å². The second-order valence-corrected chi connectivity index (χ2v) is 10.4. The van der Waals surface area contributed by atoms with Gasteiger partial charge in [-0.25, -0.2) is 0 Å². The van der Waals surface area contributed by atoms with Gasteiger partial charge in [0.2, 0.25) is 5.91 Å². The van der Waals surface area contributed by atoms with Crippen molar-refractivity contribution in [1.82, 2.24) is 10.2 Å². The first-order valence-electron chi connectivity index (χ1n) is 11.8. The minimum absolute atomic E-state index is 0.00855. The molecule has 0 radical (unpaired) electrons. The summed E-state index contributed by atoms with van der Waals surface area (Å²) in [5, 5.41) is 5.42. The largest absolute Gasteiger partial charge is 0.370 e. The number of fused-ring (bicyclic) bond motifs is 2. The van der Waals surface area contributed by atoms with Crippen molar-refractivity contribution in [3.8, 4) is 0 Å². The fraction of sp³-hybridized carbons (Fsp3) is 0.393. The van der Waals surface area contributed by atoms with E-state index in [0.29, 0.717) is 6.61 Å². The summed E-state index contributed by atoms with van der Waals surface area (Å²) in [4.78, 5) is 16.2. The molecule has 2 aromatic carbocycles. The van der Waals surface area contributed by atoms with Crippen LogP contribution in [0.25, 0.3) is 0 Å². The first-order chi connectivity index (χ1) is 16.1. The highest BCUT2D eigenvalue weighted by molar-refractivity contribution is 7.10. The first-order valence-corrected chi connectivity index (χ1v) is 12.7. The third kappa shape index (κ3) is 4.37. The van der Waals surface area contributed by atoms with Crippen molar-refractivity contribution in [2.45, 2.75) is 57.4 Å². The minimum atomic E-state index is -0.117. The van der Waals surface area contributed by atoms with Gasteiger partial charge in [0, 0.05) is 23.8 Å². The van der Waals surface area contributed by atoms with E-state index < -0.39 is 0 Å². The summed E-state index contributed by atoms with van der Waals surface area (Å²) in [6.07, 6.45) is 1.98. The van der Waals surface area contributed by atoms with Gasteiger partial charge in [-0.05, 0) is 66.6 Å². The van der Waals surface area contributed by atoms with Gasteiger partial charge in [0.25, 0.3) is 0 Å². The highest BCUT2D eigenvalue weighted by Gasteiger charge is 2.54. The standard InChI is InChI=1S/C28H32N2O2S/c1-20-12-17-33-25(20)18-30-15-13-28(14-16-30)24-11-7-6-10-23(24)26(29-21(2)31)27(28)32-19-22-8-4-3-5-9-22/h3-12,17,26-27H,13-16,18-19H2,1-2H3,(H,29,31)/t26-,27+/m1/s1. The quantitative estimate of drug-likeness (QED) is 0.538. The predicted octanol–water partition coefficient (Wildman–Crippen LogP) is 5.37. The van der Waals surface area contributed by atoms with Crippen molar-refractivity contribution < 1.29 is 9.53 Å². The number of benzene rings is 2. The molecule has 0 saturated carbocycles. The Hall–Kier alpha value is -2.47. The third-order valence-electron chi connectivity index (χ3n) is 7.39. The van der Waals surface area contributed by atoms with Crippen LogP contribution in [0.1, 0.15) is 52.9 Å². The lowest BCUT2D eigenvalue weighted by molar-refractivity contribution is -0.122. The number of carbonyl (C=O) groups is 1. The number of likely N-dealkylation sites (tertiary alicyclic amines) is 1. The van der Waals surface area contributed by atoms with Crippen molar-refractivity contribution in [1.29, 1.82) is 0 Å². The minimum Gasteiger partial charge on any atom is -0.370 e. The van der Waals surface area contributed by atoms with Gasteiger partial charge in [0.05, 0.1) is 18.8 Å². The molecule has 5 heteroatoms. The Morgan fingerprint density at radius 1 is 1.09 bits per heavy atom. The molecule has 1 aromatic heterocycles. The van der Waals surface area contributed by atoms with E-state index in [1.54, 1.807) is 6.92 Å². The van der Waals surface area contributed by atoms with Crippen molar-refractivity contribution in [3.05, 3.63) is 93.2 Å². The van der Waals surface area contributed by atoms with E-state index in [1.165, 1.54) is 21.6 Å². The molecule has 0 bridgehead atoms. The second-order valence-electron chi connectivity index (χ2n) is 9.44. The van der Waals surface area contributed by atoms with Gasteiger partial charge in [0.1, 0.15) is 0 Å². The van der Waals surface area contributed by atoms with Crippen LogP contribution in [0.2, 0.25) is 0 Å². The zero-order valence-corrected chi connectivity index (χ0v) is 20.2. The number of hydrogen-bond donors (Lipinski definition) is 1. The van der Waals surface area contributed by atoms with Crippen LogP contribution in [-0.2, 0) is 28.1 Å². The van der Waals surface area contributed by atoms with Crippen molar-refractivity contribution in [3.63, 3.8) is 0 Å². The second kappa shape index (κ2) is 9.41. The zero-order chi connectivity index (χ0) is 22.8. The SMILES string of the molecule is CC(=O)N[C@@H]1c2ccccc2C2(CCN(Cc3sccc3C)CC2)[C@H]1OCc1ccccc1. The zero-order valence-electron chi connectivity index (χ0n) is 19.4. The van der Waals surface area contributed by atoms with E-state index in [0.717, 1.165) is 38.0 Å². The normalized spacial score (nSPS) is 21.8. The van der Waals surface area contributed by atoms with Crippen LogP contribution in [0.4, 0.5) is 0 Å². The van der Waals surface area contributed by atoms with E-state index in [-0.39, 0.29) is 23.5 Å². The average molecular weight is 461 g/mol. The molecule has 1 spiro atoms. The van der Waals surface area contributed by atoms with Gasteiger partial charge in [-0.2, -0.15) is 0 Å². The third-order valence-corrected chi connectivity index (χ3v) is 8.40. The maximum atomic E-state index is 12.2. The Kier molecular flexibility index (Phi) is 6.37. The van der Waals surface area contributed by atoms with Crippen LogP contribution < -0.4 is 5.32 Å². The first kappa shape index (κ1) is 22.3. The number of rotatable bonds is 6. The smallest absolute Gasteiger partial charge is 0.217 e. The van der Waals surface area contributed by atoms with Crippen molar-refractivity contribution in [2.24, 2.45) is 0 Å². The topological polar surface area (TPSA) is 41.6 Å². The number of amides is 1. The molecule has 1 fully saturated rings. The van der Waals surface area contributed by atoms with Gasteiger partial charge in [0.15, 0.2) is 0 Å². The molecule has 3 aromatic rings. The summed E-state index contributed by atoms with van der Waals surface area (Å²) < 4.78 is 6.71. The molecule has 2 aliphatic rings. The summed E-state index contributed by atoms with van der Waals surface area (Å²) in [7, 11) is 0. The van der Waals surface area contributed by atoms with Gasteiger partial charge < -0.3 is 10.1 Å². The fourth-order valence-electron chi connectivity index (χ4n) is 5.68. The molecule has 172 valence electrons. The lowest BCUT2D eigenvalue weighted by Gasteiger charge is -2.44. The summed E-state index contributed by atoms with van der Waals surface area (Å²) in [5.41, 5.74) is 5.04. The van der Waals surface area contributed by atoms with Crippen LogP contribution in [-0.4, -0.2) is 30.0 Å². The van der Waals surface area contributed by atoms with Gasteiger partial charge in [-0.1, -0.05) is 54.6 Å². The lowest BCUT2D eigenvalue weighted by atomic mass is 9.71. The van der Waals surface area contributed by atoms with Crippen LogP contribution in [0, 0.1) is 6.92 Å². The number of ether oxygens (including phenoxy) is 1. The molecular formula is C28H32N2O2S.